The van der Waals surface area contributed by atoms with Crippen LogP contribution in [0.15, 0.2) is 17.4 Å². The van der Waals surface area contributed by atoms with E-state index in [9.17, 15) is 0 Å². The molecule has 0 aliphatic rings. The van der Waals surface area contributed by atoms with Gasteiger partial charge >= 0.3 is 0 Å². The third kappa shape index (κ3) is 6.51. The average Bonchev–Trinajstić information content (AvgIpc) is 2.35. The first-order valence-corrected chi connectivity index (χ1v) is 7.52. The van der Waals surface area contributed by atoms with E-state index in [-0.39, 0.29) is 0 Å². The van der Waals surface area contributed by atoms with Crippen LogP contribution in [0.2, 0.25) is 0 Å². The molecule has 0 bridgehead atoms. The molecule has 0 aliphatic heterocycles. The molecule has 96 valence electrons. The molecule has 17 heavy (non-hydrogen) atoms. The summed E-state index contributed by atoms with van der Waals surface area (Å²) >= 11 is 1.72. The van der Waals surface area contributed by atoms with Gasteiger partial charge in [-0.15, -0.1) is 11.8 Å². The van der Waals surface area contributed by atoms with Gasteiger partial charge in [-0.1, -0.05) is 45.4 Å². The Bertz CT molecular complexity index is 304. The lowest BCUT2D eigenvalue weighted by molar-refractivity contribution is 0.603. The lowest BCUT2D eigenvalue weighted by Crippen LogP contribution is -1.95. The zero-order chi connectivity index (χ0) is 12.3. The van der Waals surface area contributed by atoms with E-state index in [1.807, 2.05) is 0 Å². The molecular formula is C13H23N3S. The van der Waals surface area contributed by atoms with Gasteiger partial charge in [0.15, 0.2) is 5.82 Å². The molecule has 0 radical (unpaired) electrons. The number of nitrogens with zero attached hydrogens (tertiary/aromatic N) is 2. The number of anilines is 1. The van der Waals surface area contributed by atoms with Gasteiger partial charge in [-0.3, -0.25) is 0 Å². The summed E-state index contributed by atoms with van der Waals surface area (Å²) in [4.78, 5) is 8.23. The minimum absolute atomic E-state index is 0.556. The summed E-state index contributed by atoms with van der Waals surface area (Å²) < 4.78 is 0. The molecule has 0 atom stereocenters. The zero-order valence-electron chi connectivity index (χ0n) is 10.7. The van der Waals surface area contributed by atoms with Crippen LogP contribution >= 0.6 is 11.8 Å². The second-order valence-corrected chi connectivity index (χ2v) is 5.30. The molecule has 0 aromatic carbocycles. The van der Waals surface area contributed by atoms with Crippen LogP contribution in [0.4, 0.5) is 5.82 Å². The van der Waals surface area contributed by atoms with E-state index in [0.29, 0.717) is 5.82 Å². The molecule has 0 saturated heterocycles. The fourth-order valence-electron chi connectivity index (χ4n) is 1.68. The van der Waals surface area contributed by atoms with E-state index in [4.69, 9.17) is 5.73 Å². The molecule has 1 aromatic rings. The second kappa shape index (κ2) is 9.28. The van der Waals surface area contributed by atoms with Gasteiger partial charge in [0.25, 0.3) is 0 Å². The molecule has 0 aliphatic carbocycles. The summed E-state index contributed by atoms with van der Waals surface area (Å²) in [5.41, 5.74) is 5.72. The Balaban J connectivity index is 1.99. The third-order valence-corrected chi connectivity index (χ3v) is 3.76. The van der Waals surface area contributed by atoms with Gasteiger partial charge in [-0.2, -0.15) is 0 Å². The van der Waals surface area contributed by atoms with E-state index >= 15 is 0 Å². The highest BCUT2D eigenvalue weighted by molar-refractivity contribution is 7.99. The van der Waals surface area contributed by atoms with Crippen molar-refractivity contribution < 1.29 is 0 Å². The summed E-state index contributed by atoms with van der Waals surface area (Å²) in [6.07, 6.45) is 12.7. The van der Waals surface area contributed by atoms with Crippen LogP contribution in [-0.2, 0) is 0 Å². The van der Waals surface area contributed by atoms with Gasteiger partial charge in [-0.25, -0.2) is 9.97 Å². The third-order valence-electron chi connectivity index (χ3n) is 2.68. The Kier molecular flexibility index (Phi) is 7.80. The van der Waals surface area contributed by atoms with Gasteiger partial charge in [0.2, 0.25) is 0 Å². The van der Waals surface area contributed by atoms with E-state index in [2.05, 4.69) is 16.9 Å². The maximum atomic E-state index is 5.72. The first-order chi connectivity index (χ1) is 8.34. The largest absolute Gasteiger partial charge is 0.381 e. The molecule has 3 nitrogen and oxygen atoms in total. The SMILES string of the molecule is CCCCCCCCCSc1nccnc1N. The summed E-state index contributed by atoms with van der Waals surface area (Å²) in [6, 6.07) is 0. The van der Waals surface area contributed by atoms with Crippen molar-refractivity contribution in [2.45, 2.75) is 56.9 Å². The molecule has 0 amide bonds. The lowest BCUT2D eigenvalue weighted by atomic mass is 10.1. The van der Waals surface area contributed by atoms with Gasteiger partial charge in [-0.05, 0) is 12.2 Å². The molecule has 0 fully saturated rings. The monoisotopic (exact) mass is 253 g/mol. The van der Waals surface area contributed by atoms with Crippen LogP contribution in [-0.4, -0.2) is 15.7 Å². The first kappa shape index (κ1) is 14.3. The van der Waals surface area contributed by atoms with E-state index in [1.54, 1.807) is 24.2 Å². The topological polar surface area (TPSA) is 51.8 Å². The van der Waals surface area contributed by atoms with Crippen molar-refractivity contribution in [3.05, 3.63) is 12.4 Å². The Morgan fingerprint density at radius 1 is 1.00 bits per heavy atom. The number of rotatable bonds is 9. The number of unbranched alkanes of at least 4 members (excludes halogenated alkanes) is 6. The van der Waals surface area contributed by atoms with E-state index in [0.717, 1.165) is 10.8 Å². The zero-order valence-corrected chi connectivity index (χ0v) is 11.5. The smallest absolute Gasteiger partial charge is 0.156 e. The van der Waals surface area contributed by atoms with Crippen molar-refractivity contribution in [1.82, 2.24) is 9.97 Å². The highest BCUT2D eigenvalue weighted by atomic mass is 32.2. The summed E-state index contributed by atoms with van der Waals surface area (Å²) in [5, 5.41) is 0.874. The van der Waals surface area contributed by atoms with Crippen LogP contribution in [0.3, 0.4) is 0 Å². The summed E-state index contributed by atoms with van der Waals surface area (Å²) in [6.45, 7) is 2.25. The predicted octanol–water partition coefficient (Wildman–Crippen LogP) is 3.90. The Hall–Kier alpha value is -0.770. The number of aromatic nitrogens is 2. The van der Waals surface area contributed by atoms with Crippen molar-refractivity contribution in [1.29, 1.82) is 0 Å². The molecular weight excluding hydrogens is 230 g/mol. The molecule has 2 N–H and O–H groups in total. The molecule has 1 heterocycles. The summed E-state index contributed by atoms with van der Waals surface area (Å²) in [7, 11) is 0. The van der Waals surface area contributed by atoms with Crippen molar-refractivity contribution in [3.63, 3.8) is 0 Å². The van der Waals surface area contributed by atoms with Gasteiger partial charge in [0.1, 0.15) is 5.03 Å². The van der Waals surface area contributed by atoms with Gasteiger partial charge in [0.05, 0.1) is 0 Å². The summed E-state index contributed by atoms with van der Waals surface area (Å²) in [5.74, 6) is 1.65. The molecule has 1 rings (SSSR count). The first-order valence-electron chi connectivity index (χ1n) is 6.54. The average molecular weight is 253 g/mol. The number of hydrogen-bond donors (Lipinski definition) is 1. The number of nitrogen functional groups attached to an aromatic ring is 1. The van der Waals surface area contributed by atoms with Crippen LogP contribution in [0, 0.1) is 0 Å². The number of thioether (sulfide) groups is 1. The fraction of sp³-hybridized carbons (Fsp3) is 0.692. The van der Waals surface area contributed by atoms with Gasteiger partial charge in [0, 0.05) is 12.4 Å². The van der Waals surface area contributed by atoms with E-state index in [1.165, 1.54) is 44.9 Å². The van der Waals surface area contributed by atoms with Crippen molar-refractivity contribution in [2.24, 2.45) is 0 Å². The Morgan fingerprint density at radius 3 is 2.35 bits per heavy atom. The van der Waals surface area contributed by atoms with Crippen LogP contribution in [0.5, 0.6) is 0 Å². The quantitative estimate of drug-likeness (QED) is 0.535. The Labute approximate surface area is 109 Å². The highest BCUT2D eigenvalue weighted by Gasteiger charge is 2.00. The Morgan fingerprint density at radius 2 is 1.65 bits per heavy atom. The fourth-order valence-corrected chi connectivity index (χ4v) is 2.55. The maximum absolute atomic E-state index is 5.72. The standard InChI is InChI=1S/C13H23N3S/c1-2-3-4-5-6-7-8-11-17-13-12(14)15-9-10-16-13/h9-10H,2-8,11H2,1H3,(H2,14,15). The molecule has 4 heteroatoms. The number of nitrogens with two attached hydrogens (primary N) is 1. The normalized spacial score (nSPS) is 10.6. The van der Waals surface area contributed by atoms with Gasteiger partial charge < -0.3 is 5.73 Å². The molecule has 0 spiro atoms. The number of hydrogen-bond acceptors (Lipinski definition) is 4. The molecule has 1 aromatic heterocycles. The van der Waals surface area contributed by atoms with Crippen LogP contribution < -0.4 is 5.73 Å². The second-order valence-electron chi connectivity index (χ2n) is 4.22. The van der Waals surface area contributed by atoms with Crippen LogP contribution in [0.1, 0.15) is 51.9 Å². The highest BCUT2D eigenvalue weighted by Crippen LogP contribution is 2.21. The minimum Gasteiger partial charge on any atom is -0.381 e. The van der Waals surface area contributed by atoms with Crippen molar-refractivity contribution in [2.75, 3.05) is 11.5 Å². The molecule has 0 saturated carbocycles. The lowest BCUT2D eigenvalue weighted by Gasteiger charge is -2.03. The minimum atomic E-state index is 0.556. The van der Waals surface area contributed by atoms with Crippen LogP contribution in [0.25, 0.3) is 0 Å². The molecule has 0 unspecified atom stereocenters. The maximum Gasteiger partial charge on any atom is 0.156 e. The van der Waals surface area contributed by atoms with Crippen molar-refractivity contribution in [3.8, 4) is 0 Å². The van der Waals surface area contributed by atoms with E-state index < -0.39 is 0 Å². The predicted molar refractivity (Wildman–Crippen MR) is 75.2 cm³/mol. The van der Waals surface area contributed by atoms with Crippen molar-refractivity contribution >= 4 is 17.6 Å².